The summed E-state index contributed by atoms with van der Waals surface area (Å²) in [4.78, 5) is 29.0. The summed E-state index contributed by atoms with van der Waals surface area (Å²) in [7, 11) is 1.78. The molecule has 0 saturated carbocycles. The number of nitrogens with zero attached hydrogens (tertiary/aromatic N) is 5. The van der Waals surface area contributed by atoms with Crippen LogP contribution in [0, 0.1) is 18.8 Å². The molecule has 3 aliphatic heterocycles. The van der Waals surface area contributed by atoms with E-state index in [1.165, 1.54) is 6.33 Å². The van der Waals surface area contributed by atoms with Crippen LogP contribution in [0.3, 0.4) is 0 Å². The summed E-state index contributed by atoms with van der Waals surface area (Å²) in [5.74, 6) is 2.01. The average Bonchev–Trinajstić information content (AvgIpc) is 2.94. The molecule has 38 heavy (non-hydrogen) atoms. The molecule has 1 amide bonds. The van der Waals surface area contributed by atoms with Gasteiger partial charge < -0.3 is 24.2 Å². The number of carbonyl (C=O) groups is 1. The molecule has 0 aliphatic carbocycles. The smallest absolute Gasteiger partial charge is 0.272 e. The molecule has 1 aromatic heterocycles. The molecule has 206 valence electrons. The minimum atomic E-state index is 0.0111. The number of aromatic nitrogens is 2. The number of methoxy groups -OCH3 is 1. The molecule has 2 unspecified atom stereocenters. The minimum Gasteiger partial charge on any atom is -0.379 e. The molecule has 2 atom stereocenters. The van der Waals surface area contributed by atoms with Crippen LogP contribution in [0.4, 0.5) is 11.5 Å². The Morgan fingerprint density at radius 2 is 1.79 bits per heavy atom. The van der Waals surface area contributed by atoms with Crippen molar-refractivity contribution < 1.29 is 14.3 Å². The van der Waals surface area contributed by atoms with Crippen LogP contribution in [-0.4, -0.2) is 86.5 Å². The topological polar surface area (TPSA) is 71.0 Å². The number of anilines is 2. The fraction of sp³-hybridized carbons (Fsp3) is 0.607. The van der Waals surface area contributed by atoms with Gasteiger partial charge in [0, 0.05) is 63.6 Å². The average molecular weight is 563 g/mol. The number of benzene rings is 1. The van der Waals surface area contributed by atoms with E-state index in [0.717, 1.165) is 88.6 Å². The summed E-state index contributed by atoms with van der Waals surface area (Å²) in [5.41, 5.74) is 2.35. The van der Waals surface area contributed by atoms with Gasteiger partial charge >= 0.3 is 0 Å². The summed E-state index contributed by atoms with van der Waals surface area (Å²) >= 11 is 12.5. The first-order chi connectivity index (χ1) is 18.4. The Morgan fingerprint density at radius 1 is 1.05 bits per heavy atom. The van der Waals surface area contributed by atoms with Gasteiger partial charge in [0.1, 0.15) is 17.8 Å². The highest BCUT2D eigenvalue weighted by Gasteiger charge is 2.32. The molecule has 10 heteroatoms. The van der Waals surface area contributed by atoms with E-state index in [9.17, 15) is 4.79 Å². The molecule has 2 aromatic rings. The summed E-state index contributed by atoms with van der Waals surface area (Å²) in [6, 6.07) is 5.61. The van der Waals surface area contributed by atoms with E-state index in [1.807, 2.05) is 24.0 Å². The van der Waals surface area contributed by atoms with Crippen LogP contribution in [0.15, 0.2) is 24.5 Å². The van der Waals surface area contributed by atoms with Crippen LogP contribution >= 0.6 is 23.2 Å². The maximum absolute atomic E-state index is 13.5. The third-order valence-corrected chi connectivity index (χ3v) is 8.91. The van der Waals surface area contributed by atoms with Crippen molar-refractivity contribution in [3.05, 3.63) is 45.8 Å². The third kappa shape index (κ3) is 6.03. The number of halogens is 2. The van der Waals surface area contributed by atoms with Crippen LogP contribution in [0.2, 0.25) is 10.0 Å². The van der Waals surface area contributed by atoms with Crippen LogP contribution < -0.4 is 9.80 Å². The molecule has 4 heterocycles. The molecule has 0 N–H and O–H groups in total. The Kier molecular flexibility index (Phi) is 8.93. The molecular formula is C28H37Cl2N5O3. The highest BCUT2D eigenvalue weighted by molar-refractivity contribution is 6.36. The van der Waals surface area contributed by atoms with Gasteiger partial charge in [-0.2, -0.15) is 0 Å². The Morgan fingerprint density at radius 3 is 2.50 bits per heavy atom. The summed E-state index contributed by atoms with van der Waals surface area (Å²) < 4.78 is 11.2. The summed E-state index contributed by atoms with van der Waals surface area (Å²) in [5, 5.41) is 1.29. The lowest BCUT2D eigenvalue weighted by molar-refractivity contribution is -0.0725. The quantitative estimate of drug-likeness (QED) is 0.505. The minimum absolute atomic E-state index is 0.0111. The second-order valence-electron chi connectivity index (χ2n) is 10.6. The molecular weight excluding hydrogens is 525 g/mol. The Hall–Kier alpha value is -2.13. The van der Waals surface area contributed by atoms with E-state index in [1.54, 1.807) is 13.2 Å². The largest absolute Gasteiger partial charge is 0.379 e. The molecule has 0 radical (unpaired) electrons. The Bertz CT molecular complexity index is 1120. The van der Waals surface area contributed by atoms with Crippen molar-refractivity contribution in [1.82, 2.24) is 14.9 Å². The van der Waals surface area contributed by atoms with E-state index < -0.39 is 0 Å². The number of amides is 1. The van der Waals surface area contributed by atoms with Crippen molar-refractivity contribution in [1.29, 1.82) is 0 Å². The van der Waals surface area contributed by atoms with Gasteiger partial charge in [-0.25, -0.2) is 9.97 Å². The number of hydrogen-bond acceptors (Lipinski definition) is 7. The van der Waals surface area contributed by atoms with Gasteiger partial charge in [-0.05, 0) is 62.6 Å². The molecule has 1 aromatic carbocycles. The molecule has 0 spiro atoms. The zero-order chi connectivity index (χ0) is 26.6. The number of piperidine rings is 1. The van der Waals surface area contributed by atoms with E-state index in [0.29, 0.717) is 34.2 Å². The zero-order valence-electron chi connectivity index (χ0n) is 22.2. The van der Waals surface area contributed by atoms with Gasteiger partial charge in [0.25, 0.3) is 5.91 Å². The van der Waals surface area contributed by atoms with E-state index in [-0.39, 0.29) is 12.0 Å². The SMILES string of the molecule is COC1COCCC1CC1CCN(C(=O)c2ncnc(N3CCN(c4ccc(Cl)cc4Cl)CC3)c2C)CC1. The van der Waals surface area contributed by atoms with Crippen LogP contribution in [0.25, 0.3) is 0 Å². The Balaban J connectivity index is 1.18. The number of piperazine rings is 1. The van der Waals surface area contributed by atoms with Gasteiger partial charge in [0.15, 0.2) is 0 Å². The second kappa shape index (κ2) is 12.4. The first-order valence-corrected chi connectivity index (χ1v) is 14.4. The fourth-order valence-electron chi connectivity index (χ4n) is 6.11. The van der Waals surface area contributed by atoms with E-state index in [2.05, 4.69) is 19.8 Å². The van der Waals surface area contributed by atoms with Crippen molar-refractivity contribution in [3.8, 4) is 0 Å². The number of carbonyl (C=O) groups excluding carboxylic acids is 1. The van der Waals surface area contributed by atoms with Crippen LogP contribution in [0.1, 0.15) is 41.7 Å². The third-order valence-electron chi connectivity index (χ3n) is 8.37. The first-order valence-electron chi connectivity index (χ1n) is 13.6. The standard InChI is InChI=1S/C28H37Cl2N5O3/c1-19-26(28(36)35-8-5-20(6-9-35)15-21-7-14-38-17-25(21)37-2)31-18-32-27(19)34-12-10-33(11-13-34)24-4-3-22(29)16-23(24)30/h3-4,16,18,20-21,25H,5-15,17H2,1-2H3. The van der Waals surface area contributed by atoms with E-state index in [4.69, 9.17) is 32.7 Å². The zero-order valence-corrected chi connectivity index (χ0v) is 23.8. The molecule has 5 rings (SSSR count). The second-order valence-corrected chi connectivity index (χ2v) is 11.5. The maximum atomic E-state index is 13.5. The van der Waals surface area contributed by atoms with E-state index >= 15 is 0 Å². The van der Waals surface area contributed by atoms with Crippen LogP contribution in [-0.2, 0) is 9.47 Å². The number of likely N-dealkylation sites (tertiary alicyclic amines) is 1. The molecule has 0 bridgehead atoms. The predicted molar refractivity (Wildman–Crippen MR) is 151 cm³/mol. The fourth-order valence-corrected chi connectivity index (χ4v) is 6.64. The number of ether oxygens (including phenoxy) is 2. The first kappa shape index (κ1) is 27.4. The van der Waals surface area contributed by atoms with Crippen molar-refractivity contribution in [2.75, 3.05) is 69.4 Å². The lowest BCUT2D eigenvalue weighted by Gasteiger charge is -2.38. The number of hydrogen-bond donors (Lipinski definition) is 0. The van der Waals surface area contributed by atoms with Gasteiger partial charge in [0.2, 0.25) is 0 Å². The normalized spacial score (nSPS) is 23.1. The molecule has 3 saturated heterocycles. The van der Waals surface area contributed by atoms with Crippen molar-refractivity contribution in [2.45, 2.75) is 38.7 Å². The summed E-state index contributed by atoms with van der Waals surface area (Å²) in [6.45, 7) is 8.19. The maximum Gasteiger partial charge on any atom is 0.272 e. The van der Waals surface area contributed by atoms with Crippen molar-refractivity contribution >= 4 is 40.6 Å². The Labute approximate surface area is 235 Å². The highest BCUT2D eigenvalue weighted by Crippen LogP contribution is 2.33. The van der Waals surface area contributed by atoms with Gasteiger partial charge in [0.05, 0.1) is 23.4 Å². The summed E-state index contributed by atoms with van der Waals surface area (Å²) in [6.07, 6.45) is 5.96. The lowest BCUT2D eigenvalue weighted by Crippen LogP contribution is -2.47. The van der Waals surface area contributed by atoms with Gasteiger partial charge in [-0.1, -0.05) is 23.2 Å². The van der Waals surface area contributed by atoms with Gasteiger partial charge in [-0.15, -0.1) is 0 Å². The van der Waals surface area contributed by atoms with Crippen LogP contribution in [0.5, 0.6) is 0 Å². The highest BCUT2D eigenvalue weighted by atomic mass is 35.5. The van der Waals surface area contributed by atoms with Gasteiger partial charge in [-0.3, -0.25) is 4.79 Å². The monoisotopic (exact) mass is 561 g/mol. The number of rotatable bonds is 6. The molecule has 3 aliphatic rings. The lowest BCUT2D eigenvalue weighted by atomic mass is 9.82. The molecule has 3 fully saturated rings. The van der Waals surface area contributed by atoms with Crippen molar-refractivity contribution in [2.24, 2.45) is 11.8 Å². The predicted octanol–water partition coefficient (Wildman–Crippen LogP) is 4.71. The van der Waals surface area contributed by atoms with Crippen molar-refractivity contribution in [3.63, 3.8) is 0 Å². The molecule has 8 nitrogen and oxygen atoms in total.